The van der Waals surface area contributed by atoms with Gasteiger partial charge < -0.3 is 16.4 Å². The molecule has 0 aliphatic heterocycles. The summed E-state index contributed by atoms with van der Waals surface area (Å²) in [5.41, 5.74) is 4.31. The number of hydrogen-bond donors (Lipinski definition) is 3. The normalized spacial score (nSPS) is 12.1. The number of anilines is 2. The summed E-state index contributed by atoms with van der Waals surface area (Å²) in [6, 6.07) is 1.73. The Morgan fingerprint density at radius 2 is 1.76 bits per heavy atom. The lowest BCUT2D eigenvalue weighted by atomic mass is 10.1. The fourth-order valence-corrected chi connectivity index (χ4v) is 1.37. The highest BCUT2D eigenvalue weighted by Crippen LogP contribution is 2.34. The molecule has 0 unspecified atom stereocenters. The first-order valence-corrected chi connectivity index (χ1v) is 5.66. The van der Waals surface area contributed by atoms with Crippen molar-refractivity contribution in [2.45, 2.75) is 26.1 Å². The van der Waals surface area contributed by atoms with E-state index in [1.165, 1.54) is 13.8 Å². The van der Waals surface area contributed by atoms with Crippen LogP contribution in [0.1, 0.15) is 19.4 Å². The van der Waals surface area contributed by atoms with E-state index in [0.29, 0.717) is 0 Å². The first-order valence-electron chi connectivity index (χ1n) is 5.66. The van der Waals surface area contributed by atoms with Gasteiger partial charge in [-0.1, -0.05) is 0 Å². The van der Waals surface area contributed by atoms with Gasteiger partial charge in [0, 0.05) is 6.92 Å². The molecule has 0 bridgehead atoms. The molecule has 0 radical (unpaired) electrons. The first kappa shape index (κ1) is 19.2. The van der Waals surface area contributed by atoms with Crippen molar-refractivity contribution in [1.82, 2.24) is 0 Å². The maximum Gasteiger partial charge on any atom is 0.416 e. The van der Waals surface area contributed by atoms with Crippen molar-refractivity contribution in [1.29, 1.82) is 0 Å². The van der Waals surface area contributed by atoms with Gasteiger partial charge in [0.2, 0.25) is 11.8 Å². The van der Waals surface area contributed by atoms with Gasteiger partial charge in [-0.15, -0.1) is 12.4 Å². The average Bonchev–Trinajstić information content (AvgIpc) is 2.28. The lowest BCUT2D eigenvalue weighted by molar-refractivity contribution is -0.137. The van der Waals surface area contributed by atoms with Crippen molar-refractivity contribution >= 4 is 35.6 Å². The van der Waals surface area contributed by atoms with Crippen molar-refractivity contribution in [3.8, 4) is 0 Å². The molecule has 4 N–H and O–H groups in total. The molecule has 9 heteroatoms. The maximum absolute atomic E-state index is 12.6. The van der Waals surface area contributed by atoms with Gasteiger partial charge in [0.25, 0.3) is 0 Å². The molecule has 0 fully saturated rings. The van der Waals surface area contributed by atoms with Crippen molar-refractivity contribution in [2.24, 2.45) is 5.73 Å². The lowest BCUT2D eigenvalue weighted by Crippen LogP contribution is -2.32. The molecule has 0 saturated carbocycles. The van der Waals surface area contributed by atoms with E-state index < -0.39 is 29.6 Å². The van der Waals surface area contributed by atoms with Gasteiger partial charge in [-0.05, 0) is 25.1 Å². The molecule has 1 atom stereocenters. The first-order chi connectivity index (χ1) is 9.11. The summed E-state index contributed by atoms with van der Waals surface area (Å²) in [4.78, 5) is 22.5. The van der Waals surface area contributed by atoms with E-state index in [1.807, 2.05) is 0 Å². The van der Waals surface area contributed by atoms with Crippen LogP contribution in [0, 0.1) is 0 Å². The summed E-state index contributed by atoms with van der Waals surface area (Å²) in [5.74, 6) is -1.13. The number of carbonyl (C=O) groups excluding carboxylic acids is 2. The number of nitrogens with one attached hydrogen (secondary N) is 2. The van der Waals surface area contributed by atoms with Crippen LogP contribution in [0.2, 0.25) is 0 Å². The molecule has 0 saturated heterocycles. The van der Waals surface area contributed by atoms with E-state index >= 15 is 0 Å². The molecule has 0 aliphatic rings. The van der Waals surface area contributed by atoms with Gasteiger partial charge in [-0.2, -0.15) is 13.2 Å². The Kier molecular flexibility index (Phi) is 6.65. The Morgan fingerprint density at radius 1 is 1.19 bits per heavy atom. The fourth-order valence-electron chi connectivity index (χ4n) is 1.37. The van der Waals surface area contributed by atoms with Crippen LogP contribution in [-0.4, -0.2) is 17.9 Å². The standard InChI is InChI=1S/C12H14F3N3O2.ClH/c1-6(16)11(20)18-10-5-8(12(13,14)15)3-4-9(10)17-7(2)19;/h3-6H,16H2,1-2H3,(H,17,19)(H,18,20);1H/t6-;/m0./s1. The highest BCUT2D eigenvalue weighted by Gasteiger charge is 2.31. The van der Waals surface area contributed by atoms with Gasteiger partial charge in [0.05, 0.1) is 23.0 Å². The molecule has 2 amide bonds. The summed E-state index contributed by atoms with van der Waals surface area (Å²) in [6.07, 6.45) is -4.55. The SMILES string of the molecule is CC(=O)Nc1ccc(C(F)(F)F)cc1NC(=O)[C@H](C)N.Cl. The van der Waals surface area contributed by atoms with Crippen LogP contribution in [-0.2, 0) is 15.8 Å². The van der Waals surface area contributed by atoms with Crippen molar-refractivity contribution < 1.29 is 22.8 Å². The molecule has 1 aromatic carbocycles. The smallest absolute Gasteiger partial charge is 0.325 e. The average molecular weight is 326 g/mol. The molecule has 1 rings (SSSR count). The third-order valence-corrected chi connectivity index (χ3v) is 2.33. The zero-order valence-corrected chi connectivity index (χ0v) is 12.1. The Labute approximate surface area is 125 Å². The largest absolute Gasteiger partial charge is 0.416 e. The predicted molar refractivity (Wildman–Crippen MR) is 75.3 cm³/mol. The third-order valence-electron chi connectivity index (χ3n) is 2.33. The summed E-state index contributed by atoms with van der Waals surface area (Å²) in [7, 11) is 0. The minimum atomic E-state index is -4.55. The van der Waals surface area contributed by atoms with Crippen LogP contribution in [0.3, 0.4) is 0 Å². The van der Waals surface area contributed by atoms with Gasteiger partial charge in [-0.25, -0.2) is 0 Å². The molecule has 21 heavy (non-hydrogen) atoms. The summed E-state index contributed by atoms with van der Waals surface area (Å²) in [6.45, 7) is 2.59. The molecular formula is C12H15ClF3N3O2. The second-order valence-electron chi connectivity index (χ2n) is 4.22. The Hall–Kier alpha value is -1.80. The third kappa shape index (κ3) is 5.60. The number of carbonyl (C=O) groups is 2. The topological polar surface area (TPSA) is 84.2 Å². The number of rotatable bonds is 3. The molecule has 0 aromatic heterocycles. The number of hydrogen-bond acceptors (Lipinski definition) is 3. The number of nitrogens with two attached hydrogens (primary N) is 1. The van der Waals surface area contributed by atoms with Crippen LogP contribution < -0.4 is 16.4 Å². The van der Waals surface area contributed by atoms with Crippen molar-refractivity contribution in [3.05, 3.63) is 23.8 Å². The van der Waals surface area contributed by atoms with Crippen LogP contribution in [0.4, 0.5) is 24.5 Å². The fraction of sp³-hybridized carbons (Fsp3) is 0.333. The molecule has 0 heterocycles. The Morgan fingerprint density at radius 3 is 2.19 bits per heavy atom. The zero-order valence-electron chi connectivity index (χ0n) is 11.2. The van der Waals surface area contributed by atoms with Gasteiger partial charge in [0.15, 0.2) is 0 Å². The number of benzene rings is 1. The molecule has 1 aromatic rings. The maximum atomic E-state index is 12.6. The summed E-state index contributed by atoms with van der Waals surface area (Å²) < 4.78 is 37.9. The van der Waals surface area contributed by atoms with E-state index in [-0.39, 0.29) is 23.8 Å². The number of alkyl halides is 3. The second kappa shape index (κ2) is 7.28. The van der Waals surface area contributed by atoms with E-state index in [1.54, 1.807) is 0 Å². The second-order valence-corrected chi connectivity index (χ2v) is 4.22. The minimum Gasteiger partial charge on any atom is -0.325 e. The summed E-state index contributed by atoms with van der Waals surface area (Å²) >= 11 is 0. The number of amides is 2. The monoisotopic (exact) mass is 325 g/mol. The highest BCUT2D eigenvalue weighted by atomic mass is 35.5. The van der Waals surface area contributed by atoms with Crippen molar-refractivity contribution in [3.63, 3.8) is 0 Å². The van der Waals surface area contributed by atoms with E-state index in [0.717, 1.165) is 18.2 Å². The van der Waals surface area contributed by atoms with Crippen LogP contribution in [0.25, 0.3) is 0 Å². The van der Waals surface area contributed by atoms with Crippen LogP contribution in [0.5, 0.6) is 0 Å². The Balaban J connectivity index is 0.00000400. The molecule has 0 spiro atoms. The minimum absolute atomic E-state index is 0. The van der Waals surface area contributed by atoms with E-state index in [2.05, 4.69) is 10.6 Å². The lowest BCUT2D eigenvalue weighted by Gasteiger charge is -2.15. The quantitative estimate of drug-likeness (QED) is 0.797. The van der Waals surface area contributed by atoms with Gasteiger partial charge in [-0.3, -0.25) is 9.59 Å². The van der Waals surface area contributed by atoms with Gasteiger partial charge in [0.1, 0.15) is 0 Å². The van der Waals surface area contributed by atoms with E-state index in [9.17, 15) is 22.8 Å². The predicted octanol–water partition coefficient (Wildman–Crippen LogP) is 2.37. The molecule has 118 valence electrons. The zero-order chi connectivity index (χ0) is 15.5. The molecular weight excluding hydrogens is 311 g/mol. The van der Waals surface area contributed by atoms with Crippen LogP contribution >= 0.6 is 12.4 Å². The van der Waals surface area contributed by atoms with Crippen LogP contribution in [0.15, 0.2) is 18.2 Å². The number of halogens is 4. The van der Waals surface area contributed by atoms with Crippen molar-refractivity contribution in [2.75, 3.05) is 10.6 Å². The molecule has 0 aliphatic carbocycles. The van der Waals surface area contributed by atoms with Gasteiger partial charge >= 0.3 is 6.18 Å². The highest BCUT2D eigenvalue weighted by molar-refractivity contribution is 6.00. The Bertz CT molecular complexity index is 533. The molecule has 5 nitrogen and oxygen atoms in total. The van der Waals surface area contributed by atoms with E-state index in [4.69, 9.17) is 5.73 Å². The summed E-state index contributed by atoms with van der Waals surface area (Å²) in [5, 5.41) is 4.58.